The number of fused-ring (bicyclic) bond motifs is 3. The summed E-state index contributed by atoms with van der Waals surface area (Å²) in [5, 5.41) is 0. The van der Waals surface area contributed by atoms with E-state index < -0.39 is 17.8 Å². The third-order valence-corrected chi connectivity index (χ3v) is 7.69. The van der Waals surface area contributed by atoms with E-state index in [4.69, 9.17) is 23.7 Å². The first-order valence-electron chi connectivity index (χ1n) is 15.8. The molecule has 0 amide bonds. The molecular weight excluding hydrogens is 591 g/mol. The first kappa shape index (κ1) is 34.2. The minimum Gasteiger partial charge on any atom is -0.494 e. The highest BCUT2D eigenvalue weighted by molar-refractivity contribution is 5.91. The van der Waals surface area contributed by atoms with E-state index in [2.05, 4.69) is 25.6 Å². The third-order valence-electron chi connectivity index (χ3n) is 7.69. The summed E-state index contributed by atoms with van der Waals surface area (Å²) < 4.78 is 39.8. The summed E-state index contributed by atoms with van der Waals surface area (Å²) in [4.78, 5) is 35.1. The van der Waals surface area contributed by atoms with Crippen molar-refractivity contribution in [2.75, 3.05) is 26.4 Å². The van der Waals surface area contributed by atoms with Crippen molar-refractivity contribution in [3.8, 4) is 28.4 Å². The fourth-order valence-corrected chi connectivity index (χ4v) is 5.14. The van der Waals surface area contributed by atoms with Crippen LogP contribution in [-0.2, 0) is 19.1 Å². The van der Waals surface area contributed by atoms with Gasteiger partial charge in [-0.15, -0.1) is 0 Å². The van der Waals surface area contributed by atoms with Gasteiger partial charge in [-0.3, -0.25) is 4.79 Å². The zero-order valence-corrected chi connectivity index (χ0v) is 26.5. The lowest BCUT2D eigenvalue weighted by molar-refractivity contribution is -0.143. The Hall–Kier alpha value is -4.66. The molecule has 0 N–H and O–H groups in total. The van der Waals surface area contributed by atoms with Crippen molar-refractivity contribution in [2.24, 2.45) is 0 Å². The average molecular weight is 633 g/mol. The van der Waals surface area contributed by atoms with E-state index in [1.54, 1.807) is 31.2 Å². The highest BCUT2D eigenvalue weighted by atomic mass is 19.1. The molecule has 244 valence electrons. The summed E-state index contributed by atoms with van der Waals surface area (Å²) in [5.74, 6) is -0.699. The van der Waals surface area contributed by atoms with Gasteiger partial charge in [-0.05, 0) is 109 Å². The first-order valence-corrected chi connectivity index (χ1v) is 15.8. The predicted octanol–water partition coefficient (Wildman–Crippen LogP) is 8.12. The average Bonchev–Trinajstić information content (AvgIpc) is 3.33. The molecule has 0 heterocycles. The third kappa shape index (κ3) is 9.67. The van der Waals surface area contributed by atoms with Gasteiger partial charge in [0.25, 0.3) is 0 Å². The summed E-state index contributed by atoms with van der Waals surface area (Å²) in [6, 6.07) is 18.7. The number of benzene rings is 3. The standard InChI is InChI=1S/C37H41FO8/c1-4-35(39)44-21-10-9-20-43-29-15-17-31-32-18-16-30(24-34(32)25(2)33(31)23-29)46-37(41)27-11-13-28(14-12-27)42-19-7-5-6-8-22-45-36(40)26(3)38/h11-18,23-25H,3-10,19-22H2,1-2H3. The second-order valence-corrected chi connectivity index (χ2v) is 11.1. The largest absolute Gasteiger partial charge is 0.494 e. The van der Waals surface area contributed by atoms with Gasteiger partial charge in [-0.1, -0.05) is 32.6 Å². The summed E-state index contributed by atoms with van der Waals surface area (Å²) in [7, 11) is 0. The quantitative estimate of drug-likeness (QED) is 0.0600. The molecule has 0 fully saturated rings. The van der Waals surface area contributed by atoms with Crippen LogP contribution in [-0.4, -0.2) is 44.3 Å². The van der Waals surface area contributed by atoms with Gasteiger partial charge in [-0.25, -0.2) is 9.59 Å². The molecule has 8 nitrogen and oxygen atoms in total. The minimum absolute atomic E-state index is 0.108. The monoisotopic (exact) mass is 632 g/mol. The van der Waals surface area contributed by atoms with Gasteiger partial charge in [0.05, 0.1) is 32.0 Å². The second-order valence-electron chi connectivity index (χ2n) is 11.1. The van der Waals surface area contributed by atoms with E-state index in [9.17, 15) is 18.8 Å². The SMILES string of the molecule is C=C(F)C(=O)OCCCCCCOc1ccc(C(=O)Oc2ccc3c(c2)C(C)c2cc(OCCCCOC(=O)CC)ccc2-3)cc1. The van der Waals surface area contributed by atoms with E-state index in [1.807, 2.05) is 24.3 Å². The van der Waals surface area contributed by atoms with Crippen molar-refractivity contribution >= 4 is 17.9 Å². The zero-order chi connectivity index (χ0) is 32.9. The summed E-state index contributed by atoms with van der Waals surface area (Å²) in [6.45, 7) is 8.43. The topological polar surface area (TPSA) is 97.4 Å². The number of rotatable bonds is 18. The van der Waals surface area contributed by atoms with Crippen molar-refractivity contribution in [3.05, 3.63) is 89.8 Å². The van der Waals surface area contributed by atoms with Crippen LogP contribution < -0.4 is 14.2 Å². The maximum atomic E-state index is 12.9. The molecule has 1 aliphatic rings. The molecule has 1 atom stereocenters. The molecule has 0 aromatic heterocycles. The van der Waals surface area contributed by atoms with Gasteiger partial charge in [0.2, 0.25) is 5.83 Å². The molecule has 0 aliphatic heterocycles. The van der Waals surface area contributed by atoms with Crippen molar-refractivity contribution in [2.45, 2.75) is 64.7 Å². The summed E-state index contributed by atoms with van der Waals surface area (Å²) in [5.41, 5.74) is 4.92. The van der Waals surface area contributed by atoms with Crippen molar-refractivity contribution in [3.63, 3.8) is 0 Å². The number of unbranched alkanes of at least 4 members (excludes halogenated alkanes) is 4. The molecule has 9 heteroatoms. The van der Waals surface area contributed by atoms with E-state index in [1.165, 1.54) is 0 Å². The maximum Gasteiger partial charge on any atom is 0.366 e. The summed E-state index contributed by atoms with van der Waals surface area (Å²) in [6.07, 6.45) is 5.08. The number of carbonyl (C=O) groups excluding carboxylic acids is 3. The van der Waals surface area contributed by atoms with Crippen LogP contribution in [0.5, 0.6) is 17.2 Å². The Balaban J connectivity index is 1.21. The van der Waals surface area contributed by atoms with E-state index in [0.29, 0.717) is 49.7 Å². The summed E-state index contributed by atoms with van der Waals surface area (Å²) >= 11 is 0. The molecule has 0 saturated heterocycles. The van der Waals surface area contributed by atoms with Crippen LogP contribution in [0.4, 0.5) is 4.39 Å². The molecule has 0 bridgehead atoms. The Morgan fingerprint density at radius 2 is 1.22 bits per heavy atom. The van der Waals surface area contributed by atoms with Gasteiger partial charge < -0.3 is 23.7 Å². The van der Waals surface area contributed by atoms with Gasteiger partial charge in [-0.2, -0.15) is 4.39 Å². The molecule has 1 aliphatic carbocycles. The molecule has 1 unspecified atom stereocenters. The van der Waals surface area contributed by atoms with Crippen molar-refractivity contribution < 1.29 is 42.5 Å². The van der Waals surface area contributed by atoms with Crippen LogP contribution in [0.2, 0.25) is 0 Å². The van der Waals surface area contributed by atoms with E-state index in [-0.39, 0.29) is 18.5 Å². The molecule has 0 spiro atoms. The highest BCUT2D eigenvalue weighted by Crippen LogP contribution is 2.47. The predicted molar refractivity (Wildman–Crippen MR) is 172 cm³/mol. The van der Waals surface area contributed by atoms with Crippen LogP contribution in [0, 0.1) is 0 Å². The van der Waals surface area contributed by atoms with Crippen molar-refractivity contribution in [1.29, 1.82) is 0 Å². The minimum atomic E-state index is -1.09. The molecule has 3 aromatic carbocycles. The van der Waals surface area contributed by atoms with Crippen LogP contribution >= 0.6 is 0 Å². The normalized spacial score (nSPS) is 12.9. The Morgan fingerprint density at radius 3 is 1.87 bits per heavy atom. The van der Waals surface area contributed by atoms with Crippen LogP contribution in [0.25, 0.3) is 11.1 Å². The second kappa shape index (κ2) is 17.1. The lowest BCUT2D eigenvalue weighted by Crippen LogP contribution is -2.09. The zero-order valence-electron chi connectivity index (χ0n) is 26.5. The molecule has 4 rings (SSSR count). The smallest absolute Gasteiger partial charge is 0.366 e. The lowest BCUT2D eigenvalue weighted by atomic mass is 9.99. The van der Waals surface area contributed by atoms with Crippen LogP contribution in [0.3, 0.4) is 0 Å². The van der Waals surface area contributed by atoms with E-state index in [0.717, 1.165) is 60.1 Å². The van der Waals surface area contributed by atoms with Crippen LogP contribution in [0.1, 0.15) is 86.2 Å². The van der Waals surface area contributed by atoms with Crippen LogP contribution in [0.15, 0.2) is 73.1 Å². The number of hydrogen-bond acceptors (Lipinski definition) is 8. The van der Waals surface area contributed by atoms with Gasteiger partial charge in [0, 0.05) is 12.3 Å². The van der Waals surface area contributed by atoms with Crippen molar-refractivity contribution in [1.82, 2.24) is 0 Å². The van der Waals surface area contributed by atoms with Gasteiger partial charge >= 0.3 is 17.9 Å². The highest BCUT2D eigenvalue weighted by Gasteiger charge is 2.27. The number of carbonyl (C=O) groups is 3. The molecular formula is C37H41FO8. The van der Waals surface area contributed by atoms with E-state index >= 15 is 0 Å². The first-order chi connectivity index (χ1) is 22.3. The Labute approximate surface area is 269 Å². The fraction of sp³-hybridized carbons (Fsp3) is 0.378. The fourth-order valence-electron chi connectivity index (χ4n) is 5.14. The Morgan fingerprint density at radius 1 is 0.696 bits per heavy atom. The molecule has 0 radical (unpaired) electrons. The number of esters is 3. The van der Waals surface area contributed by atoms with Gasteiger partial charge in [0.1, 0.15) is 17.2 Å². The number of halogens is 1. The molecule has 46 heavy (non-hydrogen) atoms. The maximum absolute atomic E-state index is 12.9. The molecule has 3 aromatic rings. The Kier molecular flexibility index (Phi) is 12.8. The molecule has 0 saturated carbocycles. The number of hydrogen-bond donors (Lipinski definition) is 0. The Bertz CT molecular complexity index is 1510. The lowest BCUT2D eigenvalue weighted by Gasteiger charge is -2.11. The van der Waals surface area contributed by atoms with Gasteiger partial charge in [0.15, 0.2) is 0 Å². The number of ether oxygens (including phenoxy) is 5.